The number of morpholine rings is 1. The molecule has 2 N–H and O–H groups in total. The lowest BCUT2D eigenvalue weighted by Crippen LogP contribution is -2.41. The van der Waals surface area contributed by atoms with Gasteiger partial charge >= 0.3 is 0 Å². The number of ether oxygens (including phenoxy) is 1. The molecular formula is C15H22BrN3O2. The second kappa shape index (κ2) is 9.02. The van der Waals surface area contributed by atoms with E-state index in [4.69, 9.17) is 4.74 Å². The van der Waals surface area contributed by atoms with E-state index in [0.717, 1.165) is 43.0 Å². The number of carbonyl (C=O) groups excluding carboxylic acids is 1. The van der Waals surface area contributed by atoms with Crippen LogP contribution in [0.4, 0.5) is 5.69 Å². The van der Waals surface area contributed by atoms with Crippen molar-refractivity contribution in [3.8, 4) is 0 Å². The van der Waals surface area contributed by atoms with Crippen LogP contribution in [0.3, 0.4) is 0 Å². The summed E-state index contributed by atoms with van der Waals surface area (Å²) in [7, 11) is 0. The highest BCUT2D eigenvalue weighted by atomic mass is 79.9. The summed E-state index contributed by atoms with van der Waals surface area (Å²) in [6.07, 6.45) is 0.482. The fourth-order valence-electron chi connectivity index (χ4n) is 2.19. The maximum atomic E-state index is 11.7. The molecule has 0 unspecified atom stereocenters. The van der Waals surface area contributed by atoms with Gasteiger partial charge in [0.1, 0.15) is 0 Å². The van der Waals surface area contributed by atoms with Gasteiger partial charge < -0.3 is 15.4 Å². The van der Waals surface area contributed by atoms with E-state index < -0.39 is 0 Å². The van der Waals surface area contributed by atoms with Crippen LogP contribution in [0.25, 0.3) is 0 Å². The van der Waals surface area contributed by atoms with Crippen molar-refractivity contribution in [2.75, 3.05) is 51.3 Å². The highest BCUT2D eigenvalue weighted by Gasteiger charge is 2.09. The fourth-order valence-corrected chi connectivity index (χ4v) is 2.58. The second-order valence-corrected chi connectivity index (χ2v) is 5.91. The summed E-state index contributed by atoms with van der Waals surface area (Å²) in [5, 5.41) is 6.20. The Morgan fingerprint density at radius 2 is 2.10 bits per heavy atom. The number of benzene rings is 1. The molecular weight excluding hydrogens is 334 g/mol. The highest BCUT2D eigenvalue weighted by Crippen LogP contribution is 2.15. The number of nitrogens with one attached hydrogen (secondary N) is 2. The Balaban J connectivity index is 1.55. The Morgan fingerprint density at radius 3 is 2.86 bits per heavy atom. The van der Waals surface area contributed by atoms with Crippen molar-refractivity contribution in [2.45, 2.75) is 6.42 Å². The van der Waals surface area contributed by atoms with Gasteiger partial charge in [-0.3, -0.25) is 9.69 Å². The SMILES string of the molecule is O=C(CCNc1cccc(Br)c1)NCCN1CCOCC1. The number of halogens is 1. The first-order chi connectivity index (χ1) is 10.2. The van der Waals surface area contributed by atoms with Gasteiger partial charge in [-0.1, -0.05) is 22.0 Å². The maximum Gasteiger partial charge on any atom is 0.221 e. The average molecular weight is 356 g/mol. The van der Waals surface area contributed by atoms with Crippen LogP contribution in [0.5, 0.6) is 0 Å². The molecule has 1 aliphatic heterocycles. The smallest absolute Gasteiger partial charge is 0.221 e. The van der Waals surface area contributed by atoms with Crippen molar-refractivity contribution in [2.24, 2.45) is 0 Å². The molecule has 0 spiro atoms. The molecule has 1 aromatic carbocycles. The average Bonchev–Trinajstić information content (AvgIpc) is 2.48. The molecule has 1 saturated heterocycles. The number of hydrogen-bond donors (Lipinski definition) is 2. The summed E-state index contributed by atoms with van der Waals surface area (Å²) in [6.45, 7) is 5.75. The van der Waals surface area contributed by atoms with Crippen molar-refractivity contribution in [3.05, 3.63) is 28.7 Å². The largest absolute Gasteiger partial charge is 0.384 e. The summed E-state index contributed by atoms with van der Waals surface area (Å²) >= 11 is 3.42. The predicted molar refractivity (Wildman–Crippen MR) is 87.5 cm³/mol. The minimum Gasteiger partial charge on any atom is -0.384 e. The minimum atomic E-state index is 0.0887. The topological polar surface area (TPSA) is 53.6 Å². The van der Waals surface area contributed by atoms with Crippen molar-refractivity contribution < 1.29 is 9.53 Å². The minimum absolute atomic E-state index is 0.0887. The van der Waals surface area contributed by atoms with Gasteiger partial charge in [0.15, 0.2) is 0 Å². The molecule has 1 fully saturated rings. The lowest BCUT2D eigenvalue weighted by molar-refractivity contribution is -0.120. The summed E-state index contributed by atoms with van der Waals surface area (Å²) in [5.41, 5.74) is 1.02. The summed E-state index contributed by atoms with van der Waals surface area (Å²) in [5.74, 6) is 0.0887. The summed E-state index contributed by atoms with van der Waals surface area (Å²) in [4.78, 5) is 14.0. The molecule has 1 heterocycles. The van der Waals surface area contributed by atoms with E-state index in [-0.39, 0.29) is 5.91 Å². The molecule has 5 nitrogen and oxygen atoms in total. The van der Waals surface area contributed by atoms with Crippen LogP contribution >= 0.6 is 15.9 Å². The van der Waals surface area contributed by atoms with Crippen LogP contribution in [0.2, 0.25) is 0 Å². The molecule has 1 aromatic rings. The monoisotopic (exact) mass is 355 g/mol. The number of amides is 1. The standard InChI is InChI=1S/C15H22BrN3O2/c16-13-2-1-3-14(12-13)17-5-4-15(20)18-6-7-19-8-10-21-11-9-19/h1-3,12,17H,4-11H2,(H,18,20). The molecule has 0 aromatic heterocycles. The first-order valence-electron chi connectivity index (χ1n) is 7.30. The van der Waals surface area contributed by atoms with Crippen LogP contribution in [0, 0.1) is 0 Å². The van der Waals surface area contributed by atoms with E-state index in [1.807, 2.05) is 24.3 Å². The van der Waals surface area contributed by atoms with Gasteiger partial charge in [-0.15, -0.1) is 0 Å². The van der Waals surface area contributed by atoms with E-state index in [1.165, 1.54) is 0 Å². The number of anilines is 1. The molecule has 116 valence electrons. The van der Waals surface area contributed by atoms with Gasteiger partial charge in [0.25, 0.3) is 0 Å². The number of nitrogens with zero attached hydrogens (tertiary/aromatic N) is 1. The van der Waals surface area contributed by atoms with Gasteiger partial charge in [0.2, 0.25) is 5.91 Å². The molecule has 0 saturated carbocycles. The third kappa shape index (κ3) is 6.46. The normalized spacial score (nSPS) is 15.7. The molecule has 6 heteroatoms. The maximum absolute atomic E-state index is 11.7. The van der Waals surface area contributed by atoms with Crippen LogP contribution in [0.1, 0.15) is 6.42 Å². The van der Waals surface area contributed by atoms with Gasteiger partial charge in [-0.05, 0) is 18.2 Å². The fraction of sp³-hybridized carbons (Fsp3) is 0.533. The van der Waals surface area contributed by atoms with E-state index in [2.05, 4.69) is 31.5 Å². The molecule has 21 heavy (non-hydrogen) atoms. The number of rotatable bonds is 7. The molecule has 1 aliphatic rings. The van der Waals surface area contributed by atoms with Crippen LogP contribution in [-0.2, 0) is 9.53 Å². The first kappa shape index (κ1) is 16.3. The Kier molecular flexibility index (Phi) is 6.99. The molecule has 2 rings (SSSR count). The quantitative estimate of drug-likeness (QED) is 0.781. The van der Waals surface area contributed by atoms with Crippen molar-refractivity contribution >= 4 is 27.5 Å². The Bertz CT molecular complexity index is 450. The van der Waals surface area contributed by atoms with Crippen LogP contribution < -0.4 is 10.6 Å². The lowest BCUT2D eigenvalue weighted by Gasteiger charge is -2.26. The van der Waals surface area contributed by atoms with E-state index in [1.54, 1.807) is 0 Å². The third-order valence-electron chi connectivity index (χ3n) is 3.36. The van der Waals surface area contributed by atoms with E-state index in [9.17, 15) is 4.79 Å². The molecule has 0 bridgehead atoms. The van der Waals surface area contributed by atoms with Crippen molar-refractivity contribution in [3.63, 3.8) is 0 Å². The van der Waals surface area contributed by atoms with E-state index >= 15 is 0 Å². The van der Waals surface area contributed by atoms with Crippen LogP contribution in [0.15, 0.2) is 28.7 Å². The zero-order chi connectivity index (χ0) is 14.9. The van der Waals surface area contributed by atoms with Gasteiger partial charge in [-0.25, -0.2) is 0 Å². The lowest BCUT2D eigenvalue weighted by atomic mass is 10.3. The zero-order valence-electron chi connectivity index (χ0n) is 12.1. The van der Waals surface area contributed by atoms with Gasteiger partial charge in [0.05, 0.1) is 13.2 Å². The molecule has 1 amide bonds. The predicted octanol–water partition coefficient (Wildman–Crippen LogP) is 1.70. The third-order valence-corrected chi connectivity index (χ3v) is 3.85. The van der Waals surface area contributed by atoms with Gasteiger partial charge in [-0.2, -0.15) is 0 Å². The van der Waals surface area contributed by atoms with Gasteiger partial charge in [0, 0.05) is 49.3 Å². The highest BCUT2D eigenvalue weighted by molar-refractivity contribution is 9.10. The number of carbonyl (C=O) groups is 1. The second-order valence-electron chi connectivity index (χ2n) is 4.99. The first-order valence-corrected chi connectivity index (χ1v) is 8.09. The summed E-state index contributed by atoms with van der Waals surface area (Å²) in [6, 6.07) is 7.93. The Morgan fingerprint density at radius 1 is 1.29 bits per heavy atom. The Labute approximate surface area is 134 Å². The molecule has 0 radical (unpaired) electrons. The number of hydrogen-bond acceptors (Lipinski definition) is 4. The summed E-state index contributed by atoms with van der Waals surface area (Å²) < 4.78 is 6.32. The zero-order valence-corrected chi connectivity index (χ0v) is 13.7. The molecule has 0 atom stereocenters. The Hall–Kier alpha value is -1.11. The van der Waals surface area contributed by atoms with E-state index in [0.29, 0.717) is 19.5 Å². The van der Waals surface area contributed by atoms with Crippen molar-refractivity contribution in [1.29, 1.82) is 0 Å². The molecule has 0 aliphatic carbocycles. The van der Waals surface area contributed by atoms with Crippen LogP contribution in [-0.4, -0.2) is 56.7 Å². The van der Waals surface area contributed by atoms with Crippen molar-refractivity contribution in [1.82, 2.24) is 10.2 Å².